The average Bonchev–Trinajstić information content (AvgIpc) is 2.55. The number of hydrogen-bond donors (Lipinski definition) is 0. The van der Waals surface area contributed by atoms with Crippen molar-refractivity contribution >= 4 is 29.1 Å². The first-order chi connectivity index (χ1) is 10.6. The lowest BCUT2D eigenvalue weighted by molar-refractivity contribution is 0.104. The van der Waals surface area contributed by atoms with Gasteiger partial charge in [-0.25, -0.2) is 0 Å². The molecule has 0 amide bonds. The van der Waals surface area contributed by atoms with Crippen LogP contribution in [0.25, 0.3) is 6.08 Å². The Bertz CT molecular complexity index is 640. The Kier molecular flexibility index (Phi) is 5.79. The zero-order chi connectivity index (χ0) is 15.9. The van der Waals surface area contributed by atoms with Gasteiger partial charge in [-0.05, 0) is 61.9 Å². The van der Waals surface area contributed by atoms with Crippen molar-refractivity contribution in [3.05, 3.63) is 70.8 Å². The summed E-state index contributed by atoms with van der Waals surface area (Å²) in [5.41, 5.74) is 2.85. The van der Waals surface area contributed by atoms with Crippen molar-refractivity contribution < 1.29 is 4.79 Å². The first-order valence-corrected chi connectivity index (χ1v) is 7.84. The molecule has 0 N–H and O–H groups in total. The second-order valence-electron chi connectivity index (χ2n) is 4.97. The Labute approximate surface area is 137 Å². The molecule has 0 aromatic heterocycles. The van der Waals surface area contributed by atoms with Gasteiger partial charge in [0.05, 0.1) is 0 Å². The van der Waals surface area contributed by atoms with Gasteiger partial charge in [-0.15, -0.1) is 0 Å². The molecule has 2 nitrogen and oxygen atoms in total. The van der Waals surface area contributed by atoms with Crippen LogP contribution in [0.5, 0.6) is 0 Å². The second kappa shape index (κ2) is 7.81. The van der Waals surface area contributed by atoms with Crippen LogP contribution in [0.1, 0.15) is 29.8 Å². The molecule has 0 saturated heterocycles. The smallest absolute Gasteiger partial charge is 0.185 e. The van der Waals surface area contributed by atoms with Crippen molar-refractivity contribution in [1.29, 1.82) is 0 Å². The minimum Gasteiger partial charge on any atom is -0.372 e. The number of allylic oxidation sites excluding steroid dienone is 1. The fourth-order valence-electron chi connectivity index (χ4n) is 2.27. The number of hydrogen-bond acceptors (Lipinski definition) is 2. The van der Waals surface area contributed by atoms with E-state index in [4.69, 9.17) is 11.6 Å². The fraction of sp³-hybridized carbons (Fsp3) is 0.211. The maximum atomic E-state index is 12.1. The predicted octanol–water partition coefficient (Wildman–Crippen LogP) is 5.08. The fourth-order valence-corrected chi connectivity index (χ4v) is 2.39. The van der Waals surface area contributed by atoms with Gasteiger partial charge < -0.3 is 4.90 Å². The summed E-state index contributed by atoms with van der Waals surface area (Å²) in [5, 5.41) is 0.632. The van der Waals surface area contributed by atoms with Gasteiger partial charge in [-0.3, -0.25) is 4.79 Å². The number of carbonyl (C=O) groups is 1. The van der Waals surface area contributed by atoms with E-state index in [1.54, 1.807) is 30.3 Å². The third kappa shape index (κ3) is 4.22. The molecule has 3 heteroatoms. The van der Waals surface area contributed by atoms with Crippen LogP contribution in [-0.2, 0) is 0 Å². The Morgan fingerprint density at radius 2 is 1.59 bits per heavy atom. The minimum absolute atomic E-state index is 0.0236. The summed E-state index contributed by atoms with van der Waals surface area (Å²) in [4.78, 5) is 14.3. The molecule has 0 unspecified atom stereocenters. The van der Waals surface area contributed by atoms with Crippen LogP contribution in [0.2, 0.25) is 5.02 Å². The van der Waals surface area contributed by atoms with Crippen LogP contribution in [0.4, 0.5) is 5.69 Å². The maximum absolute atomic E-state index is 12.1. The summed E-state index contributed by atoms with van der Waals surface area (Å²) in [6, 6.07) is 15.1. The van der Waals surface area contributed by atoms with E-state index in [1.165, 1.54) is 5.69 Å². The van der Waals surface area contributed by atoms with Gasteiger partial charge in [0, 0.05) is 29.4 Å². The first kappa shape index (κ1) is 16.3. The summed E-state index contributed by atoms with van der Waals surface area (Å²) < 4.78 is 0. The van der Waals surface area contributed by atoms with Crippen molar-refractivity contribution in [3.8, 4) is 0 Å². The third-order valence-corrected chi connectivity index (χ3v) is 3.83. The van der Waals surface area contributed by atoms with Crippen LogP contribution < -0.4 is 4.90 Å². The number of rotatable bonds is 6. The second-order valence-corrected chi connectivity index (χ2v) is 5.40. The van der Waals surface area contributed by atoms with E-state index in [2.05, 4.69) is 30.9 Å². The van der Waals surface area contributed by atoms with Gasteiger partial charge in [0.1, 0.15) is 0 Å². The Morgan fingerprint density at radius 3 is 2.14 bits per heavy atom. The summed E-state index contributed by atoms with van der Waals surface area (Å²) in [6.07, 6.45) is 3.43. The van der Waals surface area contributed by atoms with Crippen LogP contribution in [0, 0.1) is 0 Å². The highest BCUT2D eigenvalue weighted by Crippen LogP contribution is 2.16. The van der Waals surface area contributed by atoms with Crippen molar-refractivity contribution in [1.82, 2.24) is 0 Å². The maximum Gasteiger partial charge on any atom is 0.185 e. The van der Waals surface area contributed by atoms with Crippen LogP contribution in [0.3, 0.4) is 0 Å². The predicted molar refractivity (Wildman–Crippen MR) is 94.8 cm³/mol. The summed E-state index contributed by atoms with van der Waals surface area (Å²) in [5.74, 6) is -0.0236. The van der Waals surface area contributed by atoms with E-state index in [0.29, 0.717) is 10.6 Å². The molecule has 0 atom stereocenters. The molecular weight excluding hydrogens is 294 g/mol. The number of anilines is 1. The van der Waals surface area contributed by atoms with E-state index in [0.717, 1.165) is 18.7 Å². The Balaban J connectivity index is 2.06. The lowest BCUT2D eigenvalue weighted by Gasteiger charge is -2.20. The molecule has 2 aromatic carbocycles. The SMILES string of the molecule is CCN(CC)c1ccc(C=CC(=O)c2ccc(Cl)cc2)cc1. The highest BCUT2D eigenvalue weighted by Gasteiger charge is 2.02. The van der Waals surface area contributed by atoms with Gasteiger partial charge in [-0.1, -0.05) is 29.8 Å². The normalized spacial score (nSPS) is 10.9. The molecule has 22 heavy (non-hydrogen) atoms. The van der Waals surface area contributed by atoms with Crippen molar-refractivity contribution in [2.24, 2.45) is 0 Å². The monoisotopic (exact) mass is 313 g/mol. The van der Waals surface area contributed by atoms with Gasteiger partial charge >= 0.3 is 0 Å². The molecule has 0 heterocycles. The highest BCUT2D eigenvalue weighted by atomic mass is 35.5. The lowest BCUT2D eigenvalue weighted by atomic mass is 10.1. The summed E-state index contributed by atoms with van der Waals surface area (Å²) in [7, 11) is 0. The van der Waals surface area contributed by atoms with Crippen LogP contribution in [-0.4, -0.2) is 18.9 Å². The molecule has 0 aliphatic heterocycles. The summed E-state index contributed by atoms with van der Waals surface area (Å²) in [6.45, 7) is 6.26. The molecule has 0 saturated carbocycles. The standard InChI is InChI=1S/C19H20ClNO/c1-3-21(4-2)18-12-5-15(6-13-18)7-14-19(22)16-8-10-17(20)11-9-16/h5-14H,3-4H2,1-2H3. The van der Waals surface area contributed by atoms with Gasteiger partial charge in [-0.2, -0.15) is 0 Å². The third-order valence-electron chi connectivity index (χ3n) is 3.58. The molecule has 0 aliphatic carbocycles. The summed E-state index contributed by atoms with van der Waals surface area (Å²) >= 11 is 5.82. The molecule has 0 radical (unpaired) electrons. The lowest BCUT2D eigenvalue weighted by Crippen LogP contribution is -2.21. The number of nitrogens with zero attached hydrogens (tertiary/aromatic N) is 1. The Hall–Kier alpha value is -2.06. The highest BCUT2D eigenvalue weighted by molar-refractivity contribution is 6.30. The van der Waals surface area contributed by atoms with Crippen molar-refractivity contribution in [3.63, 3.8) is 0 Å². The molecular formula is C19H20ClNO. The van der Waals surface area contributed by atoms with Crippen LogP contribution in [0.15, 0.2) is 54.6 Å². The molecule has 114 valence electrons. The largest absolute Gasteiger partial charge is 0.372 e. The van der Waals surface area contributed by atoms with E-state index in [9.17, 15) is 4.79 Å². The molecule has 0 fully saturated rings. The first-order valence-electron chi connectivity index (χ1n) is 7.47. The minimum atomic E-state index is -0.0236. The number of carbonyl (C=O) groups excluding carboxylic acids is 1. The van der Waals surface area contributed by atoms with E-state index in [1.807, 2.05) is 18.2 Å². The molecule has 0 spiro atoms. The van der Waals surface area contributed by atoms with Gasteiger partial charge in [0.2, 0.25) is 0 Å². The van der Waals surface area contributed by atoms with E-state index in [-0.39, 0.29) is 5.78 Å². The average molecular weight is 314 g/mol. The van der Waals surface area contributed by atoms with Crippen molar-refractivity contribution in [2.45, 2.75) is 13.8 Å². The number of benzene rings is 2. The van der Waals surface area contributed by atoms with E-state index >= 15 is 0 Å². The Morgan fingerprint density at radius 1 is 1.00 bits per heavy atom. The molecule has 0 aliphatic rings. The molecule has 2 aromatic rings. The number of ketones is 1. The molecule has 0 bridgehead atoms. The quantitative estimate of drug-likeness (QED) is 0.547. The van der Waals surface area contributed by atoms with Gasteiger partial charge in [0.25, 0.3) is 0 Å². The topological polar surface area (TPSA) is 20.3 Å². The van der Waals surface area contributed by atoms with E-state index < -0.39 is 0 Å². The molecule has 2 rings (SSSR count). The van der Waals surface area contributed by atoms with Crippen molar-refractivity contribution in [2.75, 3.05) is 18.0 Å². The zero-order valence-corrected chi connectivity index (χ0v) is 13.7. The van der Waals surface area contributed by atoms with Crippen LogP contribution >= 0.6 is 11.6 Å². The number of halogens is 1. The zero-order valence-electron chi connectivity index (χ0n) is 12.9. The van der Waals surface area contributed by atoms with Gasteiger partial charge in [0.15, 0.2) is 5.78 Å².